The lowest BCUT2D eigenvalue weighted by Crippen LogP contribution is -2.24. The highest BCUT2D eigenvalue weighted by atomic mass is 35.5. The Morgan fingerprint density at radius 1 is 1.06 bits per heavy atom. The van der Waals surface area contributed by atoms with Crippen LogP contribution in [0.25, 0.3) is 0 Å². The van der Waals surface area contributed by atoms with E-state index in [9.17, 15) is 0 Å². The van der Waals surface area contributed by atoms with Gasteiger partial charge in [-0.2, -0.15) is 0 Å². The van der Waals surface area contributed by atoms with E-state index in [1.165, 1.54) is 24.8 Å². The molecule has 0 amide bonds. The molecule has 0 aliphatic heterocycles. The third-order valence-electron chi connectivity index (χ3n) is 3.04. The van der Waals surface area contributed by atoms with Crippen LogP contribution < -0.4 is 10.6 Å². The van der Waals surface area contributed by atoms with Crippen LogP contribution in [0.2, 0.25) is 5.02 Å². The molecule has 17 heavy (non-hydrogen) atoms. The van der Waals surface area contributed by atoms with Crippen LogP contribution in [-0.4, -0.2) is 25.7 Å². The molecule has 0 saturated heterocycles. The quantitative estimate of drug-likeness (QED) is 0.695. The summed E-state index contributed by atoms with van der Waals surface area (Å²) in [6, 6.07) is 8.94. The van der Waals surface area contributed by atoms with E-state index in [0.29, 0.717) is 0 Å². The predicted molar refractivity (Wildman–Crippen MR) is 73.7 cm³/mol. The van der Waals surface area contributed by atoms with Crippen molar-refractivity contribution in [1.82, 2.24) is 10.6 Å². The minimum absolute atomic E-state index is 0.813. The van der Waals surface area contributed by atoms with E-state index in [2.05, 4.69) is 22.8 Å². The smallest absolute Gasteiger partial charge is 0.0406 e. The van der Waals surface area contributed by atoms with Crippen molar-refractivity contribution in [3.05, 3.63) is 34.9 Å². The normalized spacial score (nSPS) is 15.1. The van der Waals surface area contributed by atoms with E-state index >= 15 is 0 Å². The van der Waals surface area contributed by atoms with Gasteiger partial charge < -0.3 is 10.6 Å². The van der Waals surface area contributed by atoms with Crippen molar-refractivity contribution in [2.24, 2.45) is 0 Å². The monoisotopic (exact) mass is 252 g/mol. The molecule has 3 heteroatoms. The fourth-order valence-corrected chi connectivity index (χ4v) is 1.94. The molecule has 0 atom stereocenters. The molecule has 1 aromatic carbocycles. The van der Waals surface area contributed by atoms with Crippen molar-refractivity contribution < 1.29 is 0 Å². The topological polar surface area (TPSA) is 24.1 Å². The Balaban J connectivity index is 1.46. The van der Waals surface area contributed by atoms with Crippen molar-refractivity contribution in [1.29, 1.82) is 0 Å². The van der Waals surface area contributed by atoms with Gasteiger partial charge in [-0.15, -0.1) is 0 Å². The van der Waals surface area contributed by atoms with Gasteiger partial charge in [0, 0.05) is 11.1 Å². The largest absolute Gasteiger partial charge is 0.316 e. The number of halogens is 1. The van der Waals surface area contributed by atoms with Crippen LogP contribution >= 0.6 is 11.6 Å². The highest BCUT2D eigenvalue weighted by Crippen LogP contribution is 2.18. The summed E-state index contributed by atoms with van der Waals surface area (Å²) in [5.41, 5.74) is 1.35. The molecule has 0 bridgehead atoms. The lowest BCUT2D eigenvalue weighted by atomic mass is 10.1. The van der Waals surface area contributed by atoms with Crippen molar-refractivity contribution in [3.63, 3.8) is 0 Å². The van der Waals surface area contributed by atoms with Crippen molar-refractivity contribution in [2.45, 2.75) is 31.7 Å². The molecule has 2 nitrogen and oxygen atoms in total. The van der Waals surface area contributed by atoms with Crippen LogP contribution in [-0.2, 0) is 6.42 Å². The van der Waals surface area contributed by atoms with Gasteiger partial charge in [0.05, 0.1) is 0 Å². The summed E-state index contributed by atoms with van der Waals surface area (Å²) < 4.78 is 0. The molecule has 0 aromatic heterocycles. The summed E-state index contributed by atoms with van der Waals surface area (Å²) in [4.78, 5) is 0. The van der Waals surface area contributed by atoms with Crippen molar-refractivity contribution >= 4 is 11.6 Å². The number of benzene rings is 1. The molecule has 0 spiro atoms. The third kappa shape index (κ3) is 5.53. The highest BCUT2D eigenvalue weighted by molar-refractivity contribution is 6.30. The second-order valence-corrected chi connectivity index (χ2v) is 5.14. The molecular formula is C14H21ClN2. The summed E-state index contributed by atoms with van der Waals surface area (Å²) in [7, 11) is 0. The predicted octanol–water partition coefficient (Wildman–Crippen LogP) is 2.61. The molecule has 1 saturated carbocycles. The first-order valence-electron chi connectivity index (χ1n) is 6.53. The van der Waals surface area contributed by atoms with Gasteiger partial charge in [-0.25, -0.2) is 0 Å². The summed E-state index contributed by atoms with van der Waals surface area (Å²) in [5, 5.41) is 7.80. The van der Waals surface area contributed by atoms with E-state index in [-0.39, 0.29) is 0 Å². The van der Waals surface area contributed by atoms with E-state index < -0.39 is 0 Å². The van der Waals surface area contributed by atoms with Crippen LogP contribution in [0.3, 0.4) is 0 Å². The molecule has 0 unspecified atom stereocenters. The van der Waals surface area contributed by atoms with Crippen LogP contribution in [0.15, 0.2) is 24.3 Å². The molecule has 94 valence electrons. The van der Waals surface area contributed by atoms with Gasteiger partial charge in [0.1, 0.15) is 0 Å². The average Bonchev–Trinajstić information content (AvgIpc) is 3.14. The van der Waals surface area contributed by atoms with Gasteiger partial charge in [-0.05, 0) is 63.0 Å². The number of nitrogens with one attached hydrogen (secondary N) is 2. The molecule has 2 N–H and O–H groups in total. The Morgan fingerprint density at radius 2 is 1.82 bits per heavy atom. The Labute approximate surface area is 109 Å². The van der Waals surface area contributed by atoms with Crippen LogP contribution in [0.4, 0.5) is 0 Å². The first-order chi connectivity index (χ1) is 8.34. The number of hydrogen-bond acceptors (Lipinski definition) is 2. The van der Waals surface area contributed by atoms with Crippen LogP contribution in [0.5, 0.6) is 0 Å². The van der Waals surface area contributed by atoms with E-state index in [4.69, 9.17) is 11.6 Å². The maximum absolute atomic E-state index is 5.84. The maximum atomic E-state index is 5.84. The minimum atomic E-state index is 0.813. The zero-order chi connectivity index (χ0) is 11.9. The maximum Gasteiger partial charge on any atom is 0.0406 e. The molecule has 1 aliphatic carbocycles. The molecular weight excluding hydrogens is 232 g/mol. The Morgan fingerprint density at radius 3 is 2.53 bits per heavy atom. The van der Waals surface area contributed by atoms with E-state index in [0.717, 1.165) is 37.1 Å². The van der Waals surface area contributed by atoms with Crippen molar-refractivity contribution in [3.8, 4) is 0 Å². The summed E-state index contributed by atoms with van der Waals surface area (Å²) in [5.74, 6) is 0. The molecule has 0 radical (unpaired) electrons. The van der Waals surface area contributed by atoms with Crippen LogP contribution in [0, 0.1) is 0 Å². The van der Waals surface area contributed by atoms with Gasteiger partial charge in [0.2, 0.25) is 0 Å². The minimum Gasteiger partial charge on any atom is -0.316 e. The standard InChI is InChI=1S/C14H21ClN2/c15-13-4-2-12(3-5-13)8-11-16-9-1-10-17-14-6-7-14/h2-5,14,16-17H,1,6-11H2. The zero-order valence-corrected chi connectivity index (χ0v) is 11.0. The lowest BCUT2D eigenvalue weighted by Gasteiger charge is -2.05. The van der Waals surface area contributed by atoms with Gasteiger partial charge in [-0.3, -0.25) is 0 Å². The van der Waals surface area contributed by atoms with Crippen LogP contribution in [0.1, 0.15) is 24.8 Å². The Hall–Kier alpha value is -0.570. The summed E-state index contributed by atoms with van der Waals surface area (Å²) in [6.07, 6.45) is 5.05. The second kappa shape index (κ2) is 7.00. The summed E-state index contributed by atoms with van der Waals surface area (Å²) >= 11 is 5.84. The van der Waals surface area contributed by atoms with Gasteiger partial charge in [-0.1, -0.05) is 23.7 Å². The Bertz CT molecular complexity index is 319. The SMILES string of the molecule is Clc1ccc(CCNCCCNC2CC2)cc1. The van der Waals surface area contributed by atoms with E-state index in [1.54, 1.807) is 0 Å². The fourth-order valence-electron chi connectivity index (χ4n) is 1.82. The average molecular weight is 253 g/mol. The van der Waals surface area contributed by atoms with Gasteiger partial charge >= 0.3 is 0 Å². The first kappa shape index (κ1) is 12.9. The molecule has 2 rings (SSSR count). The van der Waals surface area contributed by atoms with E-state index in [1.807, 2.05) is 12.1 Å². The molecule has 1 aliphatic rings. The zero-order valence-electron chi connectivity index (χ0n) is 10.2. The molecule has 0 heterocycles. The summed E-state index contributed by atoms with van der Waals surface area (Å²) in [6.45, 7) is 3.30. The number of hydrogen-bond donors (Lipinski definition) is 2. The second-order valence-electron chi connectivity index (χ2n) is 4.71. The van der Waals surface area contributed by atoms with Gasteiger partial charge in [0.25, 0.3) is 0 Å². The van der Waals surface area contributed by atoms with Crippen molar-refractivity contribution in [2.75, 3.05) is 19.6 Å². The first-order valence-corrected chi connectivity index (χ1v) is 6.91. The number of rotatable bonds is 8. The third-order valence-corrected chi connectivity index (χ3v) is 3.30. The Kier molecular flexibility index (Phi) is 5.30. The molecule has 1 fully saturated rings. The fraction of sp³-hybridized carbons (Fsp3) is 0.571. The van der Waals surface area contributed by atoms with Gasteiger partial charge in [0.15, 0.2) is 0 Å². The molecule has 1 aromatic rings. The lowest BCUT2D eigenvalue weighted by molar-refractivity contribution is 0.594. The highest BCUT2D eigenvalue weighted by Gasteiger charge is 2.19.